The van der Waals surface area contributed by atoms with Crippen LogP contribution in [0.2, 0.25) is 0 Å². The molecule has 0 heterocycles. The third-order valence-corrected chi connectivity index (χ3v) is 2.46. The predicted molar refractivity (Wildman–Crippen MR) is 59.7 cm³/mol. The van der Waals surface area contributed by atoms with Crippen molar-refractivity contribution in [2.45, 2.75) is 19.8 Å². The van der Waals surface area contributed by atoms with Crippen LogP contribution in [0.1, 0.15) is 25.3 Å². The van der Waals surface area contributed by atoms with Crippen LogP contribution in [0.4, 0.5) is 8.78 Å². The van der Waals surface area contributed by atoms with E-state index in [2.05, 4.69) is 0 Å². The first-order valence-corrected chi connectivity index (χ1v) is 5.21. The molecule has 1 aromatic rings. The van der Waals surface area contributed by atoms with Gasteiger partial charge in [-0.1, -0.05) is 24.9 Å². The number of hydrogen-bond donors (Lipinski definition) is 0. The van der Waals surface area contributed by atoms with E-state index < -0.39 is 11.6 Å². The molecule has 0 bridgehead atoms. The lowest BCUT2D eigenvalue weighted by Gasteiger charge is -2.03. The van der Waals surface area contributed by atoms with Gasteiger partial charge in [0, 0.05) is 11.6 Å². The molecule has 1 rings (SSSR count). The van der Waals surface area contributed by atoms with Crippen molar-refractivity contribution in [1.82, 2.24) is 0 Å². The van der Waals surface area contributed by atoms with Gasteiger partial charge in [-0.3, -0.25) is 0 Å². The maximum Gasteiger partial charge on any atom is 0.126 e. The summed E-state index contributed by atoms with van der Waals surface area (Å²) in [5.41, 5.74) is 0.540. The van der Waals surface area contributed by atoms with E-state index in [1.165, 1.54) is 0 Å². The molecule has 0 radical (unpaired) electrons. The molecule has 16 heavy (non-hydrogen) atoms. The fourth-order valence-electron chi connectivity index (χ4n) is 1.32. The average molecular weight is 242 g/mol. The van der Waals surface area contributed by atoms with E-state index in [1.54, 1.807) is 0 Å². The van der Waals surface area contributed by atoms with Crippen LogP contribution < -0.4 is 0 Å². The minimum Gasteiger partial charge on any atom is -0.207 e. The van der Waals surface area contributed by atoms with Crippen molar-refractivity contribution < 1.29 is 8.78 Å². The maximum atomic E-state index is 12.9. The van der Waals surface area contributed by atoms with Gasteiger partial charge in [0.25, 0.3) is 0 Å². The number of benzene rings is 1. The van der Waals surface area contributed by atoms with Gasteiger partial charge in [0.05, 0.1) is 11.1 Å². The highest BCUT2D eigenvalue weighted by atomic mass is 35.5. The van der Waals surface area contributed by atoms with Crippen molar-refractivity contribution >= 4 is 16.6 Å². The lowest BCUT2D eigenvalue weighted by atomic mass is 10.1. The van der Waals surface area contributed by atoms with Crippen LogP contribution in [0, 0.1) is 23.0 Å². The monoisotopic (exact) mass is 241 g/mol. The minimum absolute atomic E-state index is 0.114. The summed E-state index contributed by atoms with van der Waals surface area (Å²) in [7, 11) is 0. The molecule has 0 aliphatic carbocycles. The Labute approximate surface area is 98.0 Å². The summed E-state index contributed by atoms with van der Waals surface area (Å²) in [5.74, 6) is -1.41. The zero-order valence-corrected chi connectivity index (χ0v) is 9.48. The quantitative estimate of drug-likeness (QED) is 0.726. The van der Waals surface area contributed by atoms with Crippen molar-refractivity contribution in [2.75, 3.05) is 0 Å². The molecule has 0 fully saturated rings. The summed E-state index contributed by atoms with van der Waals surface area (Å²) in [4.78, 5) is 0. The lowest BCUT2D eigenvalue weighted by molar-refractivity contribution is 0.582. The number of rotatable bonds is 3. The number of halogens is 3. The molecule has 0 spiro atoms. The molecule has 0 aromatic heterocycles. The van der Waals surface area contributed by atoms with Crippen LogP contribution >= 0.6 is 11.6 Å². The number of allylic oxidation sites excluding steroid dienone is 1. The van der Waals surface area contributed by atoms with Gasteiger partial charge in [0.2, 0.25) is 0 Å². The summed E-state index contributed by atoms with van der Waals surface area (Å²) in [5, 5.41) is 8.96. The van der Waals surface area contributed by atoms with Crippen molar-refractivity contribution in [1.29, 1.82) is 5.26 Å². The van der Waals surface area contributed by atoms with Gasteiger partial charge in [0.15, 0.2) is 0 Å². The molecule has 0 aliphatic rings. The van der Waals surface area contributed by atoms with E-state index >= 15 is 0 Å². The van der Waals surface area contributed by atoms with Gasteiger partial charge >= 0.3 is 0 Å². The maximum absolute atomic E-state index is 12.9. The summed E-state index contributed by atoms with van der Waals surface area (Å²) in [6.07, 6.45) is 1.24. The Hall–Kier alpha value is -1.40. The standard InChI is InChI=1S/C12H10ClF2N/c1-2-3-8(7-16)12(13)9-4-10(14)6-11(15)5-9/h4-6H,2-3H2,1H3. The Morgan fingerprint density at radius 1 is 1.31 bits per heavy atom. The van der Waals surface area contributed by atoms with Gasteiger partial charge in [-0.2, -0.15) is 5.26 Å². The fraction of sp³-hybridized carbons (Fsp3) is 0.250. The van der Waals surface area contributed by atoms with Crippen molar-refractivity contribution in [3.05, 3.63) is 41.0 Å². The Morgan fingerprint density at radius 3 is 2.31 bits per heavy atom. The van der Waals surface area contributed by atoms with Crippen LogP contribution in [0.5, 0.6) is 0 Å². The molecule has 4 heteroatoms. The SMILES string of the molecule is CCCC(C#N)=C(Cl)c1cc(F)cc(F)c1. The molecule has 84 valence electrons. The molecule has 1 nitrogen and oxygen atoms in total. The smallest absolute Gasteiger partial charge is 0.126 e. The van der Waals surface area contributed by atoms with Gasteiger partial charge in [-0.25, -0.2) is 8.78 Å². The topological polar surface area (TPSA) is 23.8 Å². The average Bonchev–Trinajstić information content (AvgIpc) is 2.23. The van der Waals surface area contributed by atoms with Crippen LogP contribution in [0.15, 0.2) is 23.8 Å². The van der Waals surface area contributed by atoms with Crippen molar-refractivity contribution in [3.8, 4) is 6.07 Å². The first kappa shape index (κ1) is 12.7. The fourth-order valence-corrected chi connectivity index (χ4v) is 1.57. The molecular weight excluding hydrogens is 232 g/mol. The second kappa shape index (κ2) is 5.62. The third kappa shape index (κ3) is 3.04. The molecule has 0 saturated carbocycles. The van der Waals surface area contributed by atoms with Gasteiger partial charge < -0.3 is 0 Å². The normalized spacial score (nSPS) is 11.9. The number of hydrogen-bond acceptors (Lipinski definition) is 1. The van der Waals surface area contributed by atoms with E-state index in [9.17, 15) is 8.78 Å². The number of nitrogens with zero attached hydrogens (tertiary/aromatic N) is 1. The van der Waals surface area contributed by atoms with Crippen LogP contribution in [0.3, 0.4) is 0 Å². The molecule has 0 atom stereocenters. The van der Waals surface area contributed by atoms with Crippen LogP contribution in [-0.2, 0) is 0 Å². The van der Waals surface area contributed by atoms with Gasteiger partial charge in [-0.05, 0) is 24.1 Å². The number of nitriles is 1. The van der Waals surface area contributed by atoms with E-state index in [0.29, 0.717) is 12.0 Å². The van der Waals surface area contributed by atoms with E-state index in [-0.39, 0.29) is 10.6 Å². The summed E-state index contributed by atoms with van der Waals surface area (Å²) < 4.78 is 25.9. The second-order valence-corrected chi connectivity index (χ2v) is 3.69. The van der Waals surface area contributed by atoms with Gasteiger partial charge in [-0.15, -0.1) is 0 Å². The molecule has 0 N–H and O–H groups in total. The van der Waals surface area contributed by atoms with Gasteiger partial charge in [0.1, 0.15) is 11.6 Å². The first-order chi connectivity index (χ1) is 7.58. The largest absolute Gasteiger partial charge is 0.207 e. The zero-order valence-electron chi connectivity index (χ0n) is 8.73. The third-order valence-electron chi connectivity index (χ3n) is 2.02. The highest BCUT2D eigenvalue weighted by Crippen LogP contribution is 2.26. The van der Waals surface area contributed by atoms with Crippen LogP contribution in [-0.4, -0.2) is 0 Å². The summed E-state index contributed by atoms with van der Waals surface area (Å²) in [6, 6.07) is 4.93. The lowest BCUT2D eigenvalue weighted by Crippen LogP contribution is -1.89. The van der Waals surface area contributed by atoms with E-state index in [1.807, 2.05) is 13.0 Å². The van der Waals surface area contributed by atoms with E-state index in [4.69, 9.17) is 16.9 Å². The van der Waals surface area contributed by atoms with Crippen LogP contribution in [0.25, 0.3) is 5.03 Å². The molecule has 0 unspecified atom stereocenters. The molecular formula is C12H10ClF2N. The Morgan fingerprint density at radius 2 is 1.88 bits per heavy atom. The summed E-state index contributed by atoms with van der Waals surface area (Å²) in [6.45, 7) is 1.90. The highest BCUT2D eigenvalue weighted by Gasteiger charge is 2.09. The first-order valence-electron chi connectivity index (χ1n) is 4.83. The summed E-state index contributed by atoms with van der Waals surface area (Å²) >= 11 is 5.92. The van der Waals surface area contributed by atoms with Crippen molar-refractivity contribution in [2.24, 2.45) is 0 Å². The predicted octanol–water partition coefficient (Wildman–Crippen LogP) is 4.24. The Balaban J connectivity index is 3.22. The molecule has 0 amide bonds. The molecule has 0 aliphatic heterocycles. The molecule has 0 saturated heterocycles. The Bertz CT molecular complexity index is 440. The molecule has 1 aromatic carbocycles. The zero-order chi connectivity index (χ0) is 12.1. The minimum atomic E-state index is -0.707. The second-order valence-electron chi connectivity index (χ2n) is 3.31. The van der Waals surface area contributed by atoms with E-state index in [0.717, 1.165) is 24.6 Å². The van der Waals surface area contributed by atoms with Crippen molar-refractivity contribution in [3.63, 3.8) is 0 Å². The Kier molecular flexibility index (Phi) is 4.45. The highest BCUT2D eigenvalue weighted by molar-refractivity contribution is 6.49.